The van der Waals surface area contributed by atoms with E-state index in [1.165, 1.54) is 19.3 Å². The first-order valence-corrected chi connectivity index (χ1v) is 14.5. The minimum absolute atomic E-state index is 0.256. The third kappa shape index (κ3) is 17.5. The van der Waals surface area contributed by atoms with Gasteiger partial charge in [-0.05, 0) is 69.5 Å². The Morgan fingerprint density at radius 2 is 1.23 bits per heavy atom. The third-order valence-corrected chi connectivity index (χ3v) is 10.1. The molecule has 0 fully saturated rings. The first-order valence-electron chi connectivity index (χ1n) is 11.6. The van der Waals surface area contributed by atoms with E-state index in [2.05, 4.69) is 82.5 Å². The van der Waals surface area contributed by atoms with Gasteiger partial charge in [-0.15, -0.1) is 0 Å². The molecular weight excluding hydrogens is 388 g/mol. The van der Waals surface area contributed by atoms with Crippen LogP contribution >= 0.6 is 0 Å². The summed E-state index contributed by atoms with van der Waals surface area (Å²) in [5.74, 6) is -0.715. The van der Waals surface area contributed by atoms with Crippen molar-refractivity contribution in [2.45, 2.75) is 103 Å². The average molecular weight is 435 g/mol. The summed E-state index contributed by atoms with van der Waals surface area (Å²) < 4.78 is 6.21. The fraction of sp³-hybridized carbons (Fsp3) is 0.654. The molecule has 0 atom stereocenters. The van der Waals surface area contributed by atoms with E-state index in [1.807, 2.05) is 0 Å². The van der Waals surface area contributed by atoms with Crippen molar-refractivity contribution < 1.29 is 14.3 Å². The molecule has 0 spiro atoms. The van der Waals surface area contributed by atoms with Gasteiger partial charge < -0.3 is 9.53 Å². The summed E-state index contributed by atoms with van der Waals surface area (Å²) in [5.41, 5.74) is 0. The Morgan fingerprint density at radius 3 is 1.70 bits per heavy atom. The summed E-state index contributed by atoms with van der Waals surface area (Å²) in [7, 11) is -1.57. The summed E-state index contributed by atoms with van der Waals surface area (Å²) in [4.78, 5) is 10.4. The molecule has 0 bridgehead atoms. The normalized spacial score (nSPS) is 13.5. The Balaban J connectivity index is 3.55. The van der Waals surface area contributed by atoms with Gasteiger partial charge in [0.1, 0.15) is 0 Å². The molecule has 0 unspecified atom stereocenters. The number of rotatable bonds is 17. The van der Waals surface area contributed by atoms with E-state index < -0.39 is 14.3 Å². The first kappa shape index (κ1) is 28.6. The highest BCUT2D eigenvalue weighted by molar-refractivity contribution is 6.74. The van der Waals surface area contributed by atoms with Crippen molar-refractivity contribution in [2.24, 2.45) is 0 Å². The van der Waals surface area contributed by atoms with Gasteiger partial charge in [0.2, 0.25) is 0 Å². The summed E-state index contributed by atoms with van der Waals surface area (Å²) in [6.07, 6.45) is 27.0. The molecule has 0 aromatic heterocycles. The lowest BCUT2D eigenvalue weighted by Gasteiger charge is -2.36. The summed E-state index contributed by atoms with van der Waals surface area (Å²) in [6, 6.07) is 0. The number of aliphatic carboxylic acids is 1. The smallest absolute Gasteiger partial charge is 0.303 e. The van der Waals surface area contributed by atoms with Gasteiger partial charge in [0.15, 0.2) is 8.32 Å². The molecule has 0 radical (unpaired) electrons. The minimum Gasteiger partial charge on any atom is -0.481 e. The van der Waals surface area contributed by atoms with Crippen molar-refractivity contribution in [1.82, 2.24) is 0 Å². The van der Waals surface area contributed by atoms with Gasteiger partial charge in [-0.3, -0.25) is 4.79 Å². The minimum atomic E-state index is -1.57. The fourth-order valence-corrected chi connectivity index (χ4v) is 3.59. The van der Waals surface area contributed by atoms with Crippen molar-refractivity contribution in [3.8, 4) is 0 Å². The lowest BCUT2D eigenvalue weighted by atomic mass is 10.2. The van der Waals surface area contributed by atoms with E-state index in [0.29, 0.717) is 5.04 Å². The molecule has 172 valence electrons. The van der Waals surface area contributed by atoms with Gasteiger partial charge >= 0.3 is 5.97 Å². The standard InChI is InChI=1S/C26H46O3Si/c1-26(2,3)30(4,5)29-24-22-20-18-16-14-12-10-8-6-7-9-11-13-15-17-19-21-23-25(27)28/h6,8-9,11-12,14-15,17H,7,10,13,16,18-24H2,1-5H3,(H,27,28)/b8-6+,11-9+,14-12+,17-15+. The Bertz CT molecular complexity index is 551. The number of carbonyl (C=O) groups is 1. The molecule has 0 saturated heterocycles. The maximum atomic E-state index is 10.4. The quantitative estimate of drug-likeness (QED) is 0.142. The molecule has 0 amide bonds. The molecule has 0 aliphatic heterocycles. The molecule has 0 rings (SSSR count). The molecule has 0 aliphatic rings. The van der Waals surface area contributed by atoms with Gasteiger partial charge in [-0.2, -0.15) is 0 Å². The maximum Gasteiger partial charge on any atom is 0.303 e. The maximum absolute atomic E-state index is 10.4. The molecule has 1 N–H and O–H groups in total. The number of hydrogen-bond acceptors (Lipinski definition) is 2. The summed E-state index contributed by atoms with van der Waals surface area (Å²) >= 11 is 0. The monoisotopic (exact) mass is 434 g/mol. The van der Waals surface area contributed by atoms with Crippen LogP contribution in [0.4, 0.5) is 0 Å². The Morgan fingerprint density at radius 1 is 0.767 bits per heavy atom. The predicted octanol–water partition coefficient (Wildman–Crippen LogP) is 8.22. The van der Waals surface area contributed by atoms with Crippen LogP contribution in [0.2, 0.25) is 18.1 Å². The highest BCUT2D eigenvalue weighted by Gasteiger charge is 2.36. The van der Waals surface area contributed by atoms with E-state index in [4.69, 9.17) is 9.53 Å². The molecule has 3 nitrogen and oxygen atoms in total. The zero-order valence-corrected chi connectivity index (χ0v) is 21.2. The fourth-order valence-electron chi connectivity index (χ4n) is 2.50. The van der Waals surface area contributed by atoms with Gasteiger partial charge in [-0.1, -0.05) is 75.8 Å². The number of carboxylic acids is 1. The number of hydrogen-bond donors (Lipinski definition) is 1. The average Bonchev–Trinajstić information content (AvgIpc) is 2.65. The molecule has 4 heteroatoms. The van der Waals surface area contributed by atoms with E-state index in [-0.39, 0.29) is 6.42 Å². The third-order valence-electron chi connectivity index (χ3n) is 5.53. The van der Waals surface area contributed by atoms with E-state index >= 15 is 0 Å². The van der Waals surface area contributed by atoms with Crippen molar-refractivity contribution in [2.75, 3.05) is 6.61 Å². The highest BCUT2D eigenvalue weighted by Crippen LogP contribution is 2.36. The topological polar surface area (TPSA) is 46.5 Å². The van der Waals surface area contributed by atoms with Gasteiger partial charge in [0.05, 0.1) is 0 Å². The number of unbranched alkanes of at least 4 members (excludes halogenated alkanes) is 4. The van der Waals surface area contributed by atoms with Crippen LogP contribution in [0.5, 0.6) is 0 Å². The van der Waals surface area contributed by atoms with Crippen LogP contribution < -0.4 is 0 Å². The van der Waals surface area contributed by atoms with Crippen LogP contribution in [-0.2, 0) is 9.22 Å². The van der Waals surface area contributed by atoms with Crippen LogP contribution in [0, 0.1) is 0 Å². The molecule has 0 heterocycles. The van der Waals surface area contributed by atoms with Crippen LogP contribution in [0.1, 0.15) is 85.0 Å². The molecule has 30 heavy (non-hydrogen) atoms. The summed E-state index contributed by atoms with van der Waals surface area (Å²) in [5, 5.41) is 8.86. The second-order valence-corrected chi connectivity index (χ2v) is 14.1. The number of allylic oxidation sites excluding steroid dienone is 8. The van der Waals surface area contributed by atoms with E-state index in [1.54, 1.807) is 0 Å². The molecule has 0 aromatic rings. The van der Waals surface area contributed by atoms with Crippen molar-refractivity contribution in [3.05, 3.63) is 48.6 Å². The summed E-state index contributed by atoms with van der Waals surface area (Å²) in [6.45, 7) is 12.4. The van der Waals surface area contributed by atoms with Crippen LogP contribution in [0.3, 0.4) is 0 Å². The van der Waals surface area contributed by atoms with Crippen molar-refractivity contribution in [3.63, 3.8) is 0 Å². The SMILES string of the molecule is CC(C)(C)[Si](C)(C)OCCCCC/C=C/C/C=C/C/C=C/C/C=C/CCCC(=O)O. The molecule has 0 saturated carbocycles. The Labute approximate surface area is 187 Å². The Kier molecular flexibility index (Phi) is 16.5. The predicted molar refractivity (Wildman–Crippen MR) is 134 cm³/mol. The second-order valence-electron chi connectivity index (χ2n) is 9.34. The lowest BCUT2D eigenvalue weighted by molar-refractivity contribution is -0.137. The van der Waals surface area contributed by atoms with Crippen LogP contribution in [-0.4, -0.2) is 26.0 Å². The zero-order valence-electron chi connectivity index (χ0n) is 20.2. The molecular formula is C26H46O3Si. The van der Waals surface area contributed by atoms with Gasteiger partial charge in [0, 0.05) is 13.0 Å². The molecule has 0 aliphatic carbocycles. The van der Waals surface area contributed by atoms with Crippen LogP contribution in [0.15, 0.2) is 48.6 Å². The highest BCUT2D eigenvalue weighted by atomic mass is 28.4. The van der Waals surface area contributed by atoms with E-state index in [0.717, 1.165) is 45.1 Å². The zero-order chi connectivity index (χ0) is 22.7. The second kappa shape index (κ2) is 17.3. The van der Waals surface area contributed by atoms with Gasteiger partial charge in [-0.25, -0.2) is 0 Å². The van der Waals surface area contributed by atoms with Crippen LogP contribution in [0.25, 0.3) is 0 Å². The molecule has 0 aromatic carbocycles. The number of carboxylic acid groups (broad SMARTS) is 1. The lowest BCUT2D eigenvalue weighted by Crippen LogP contribution is -2.40. The largest absolute Gasteiger partial charge is 0.481 e. The van der Waals surface area contributed by atoms with Gasteiger partial charge in [0.25, 0.3) is 0 Å². The Hall–Kier alpha value is -1.39. The van der Waals surface area contributed by atoms with E-state index in [9.17, 15) is 4.79 Å². The first-order chi connectivity index (χ1) is 14.2. The van der Waals surface area contributed by atoms with Crippen molar-refractivity contribution >= 4 is 14.3 Å². The van der Waals surface area contributed by atoms with Crippen molar-refractivity contribution in [1.29, 1.82) is 0 Å².